The number of nitrogens with one attached hydrogen (secondary N) is 1. The Labute approximate surface area is 96.5 Å². The molecule has 1 rings (SSSR count). The summed E-state index contributed by atoms with van der Waals surface area (Å²) < 4.78 is 0. The average Bonchev–Trinajstić information content (AvgIpc) is 2.26. The summed E-state index contributed by atoms with van der Waals surface area (Å²) >= 11 is 0. The monoisotopic (exact) mass is 221 g/mol. The molecular formula is C13H19NO2. The van der Waals surface area contributed by atoms with E-state index in [-0.39, 0.29) is 12.3 Å². The molecule has 1 atom stereocenters. The molecule has 3 heteroatoms. The van der Waals surface area contributed by atoms with E-state index in [2.05, 4.69) is 5.32 Å². The fourth-order valence-electron chi connectivity index (χ4n) is 1.69. The van der Waals surface area contributed by atoms with Gasteiger partial charge in [-0.25, -0.2) is 0 Å². The lowest BCUT2D eigenvalue weighted by Gasteiger charge is -2.13. The van der Waals surface area contributed by atoms with Crippen LogP contribution in [0.25, 0.3) is 0 Å². The second-order valence-electron chi connectivity index (χ2n) is 4.12. The van der Waals surface area contributed by atoms with Crippen molar-refractivity contribution in [3.05, 3.63) is 34.4 Å². The van der Waals surface area contributed by atoms with Crippen molar-refractivity contribution in [3.8, 4) is 0 Å². The van der Waals surface area contributed by atoms with Gasteiger partial charge in [0.15, 0.2) is 5.78 Å². The topological polar surface area (TPSA) is 49.3 Å². The van der Waals surface area contributed by atoms with E-state index in [0.717, 1.165) is 16.7 Å². The average molecular weight is 221 g/mol. The van der Waals surface area contributed by atoms with E-state index in [1.165, 1.54) is 0 Å². The lowest BCUT2D eigenvalue weighted by Crippen LogP contribution is -2.31. The molecule has 0 aliphatic carbocycles. The second kappa shape index (κ2) is 5.23. The van der Waals surface area contributed by atoms with E-state index in [4.69, 9.17) is 0 Å². The maximum atomic E-state index is 11.9. The van der Waals surface area contributed by atoms with Gasteiger partial charge in [-0.1, -0.05) is 12.1 Å². The first kappa shape index (κ1) is 12.9. The molecule has 1 aromatic carbocycles. The largest absolute Gasteiger partial charge is 0.384 e. The molecule has 3 nitrogen and oxygen atoms in total. The van der Waals surface area contributed by atoms with Crippen LogP contribution in [0.15, 0.2) is 12.1 Å². The SMILES string of the molecule is CNCC(O)C(=O)c1ccc(C)c(C)c1C. The van der Waals surface area contributed by atoms with Gasteiger partial charge in [0.25, 0.3) is 0 Å². The molecule has 0 aliphatic rings. The molecule has 0 aromatic heterocycles. The molecule has 2 N–H and O–H groups in total. The molecule has 0 spiro atoms. The van der Waals surface area contributed by atoms with E-state index in [1.54, 1.807) is 13.1 Å². The quantitative estimate of drug-likeness (QED) is 0.755. The summed E-state index contributed by atoms with van der Waals surface area (Å²) in [4.78, 5) is 11.9. The van der Waals surface area contributed by atoms with Crippen molar-refractivity contribution in [2.24, 2.45) is 0 Å². The molecule has 0 aliphatic heterocycles. The first-order valence-electron chi connectivity index (χ1n) is 5.42. The minimum Gasteiger partial charge on any atom is -0.384 e. The first-order valence-corrected chi connectivity index (χ1v) is 5.42. The summed E-state index contributed by atoms with van der Waals surface area (Å²) in [5.41, 5.74) is 3.85. The van der Waals surface area contributed by atoms with Gasteiger partial charge < -0.3 is 10.4 Å². The lowest BCUT2D eigenvalue weighted by molar-refractivity contribution is 0.0749. The summed E-state index contributed by atoms with van der Waals surface area (Å²) in [6.07, 6.45) is -0.967. The van der Waals surface area contributed by atoms with Gasteiger partial charge in [-0.2, -0.15) is 0 Å². The van der Waals surface area contributed by atoms with Crippen LogP contribution in [0.2, 0.25) is 0 Å². The Morgan fingerprint density at radius 2 is 1.94 bits per heavy atom. The minimum atomic E-state index is -0.967. The Morgan fingerprint density at radius 1 is 1.31 bits per heavy atom. The van der Waals surface area contributed by atoms with Crippen molar-refractivity contribution in [2.75, 3.05) is 13.6 Å². The third-order valence-electron chi connectivity index (χ3n) is 3.02. The summed E-state index contributed by atoms with van der Waals surface area (Å²) in [7, 11) is 1.71. The van der Waals surface area contributed by atoms with E-state index >= 15 is 0 Å². The highest BCUT2D eigenvalue weighted by molar-refractivity contribution is 6.01. The van der Waals surface area contributed by atoms with Crippen LogP contribution in [-0.2, 0) is 0 Å². The fraction of sp³-hybridized carbons (Fsp3) is 0.462. The van der Waals surface area contributed by atoms with Crippen LogP contribution in [-0.4, -0.2) is 30.6 Å². The number of rotatable bonds is 4. The van der Waals surface area contributed by atoms with Crippen LogP contribution in [0.4, 0.5) is 0 Å². The van der Waals surface area contributed by atoms with Gasteiger partial charge in [0, 0.05) is 12.1 Å². The van der Waals surface area contributed by atoms with Crippen molar-refractivity contribution in [1.82, 2.24) is 5.32 Å². The molecule has 0 heterocycles. The zero-order chi connectivity index (χ0) is 12.3. The van der Waals surface area contributed by atoms with Gasteiger partial charge >= 0.3 is 0 Å². The molecule has 0 amide bonds. The van der Waals surface area contributed by atoms with E-state index in [1.807, 2.05) is 26.8 Å². The molecule has 16 heavy (non-hydrogen) atoms. The highest BCUT2D eigenvalue weighted by Crippen LogP contribution is 2.18. The predicted molar refractivity (Wildman–Crippen MR) is 64.9 cm³/mol. The number of carbonyl (C=O) groups excluding carboxylic acids is 1. The van der Waals surface area contributed by atoms with Crippen LogP contribution in [0.5, 0.6) is 0 Å². The summed E-state index contributed by atoms with van der Waals surface area (Å²) in [5.74, 6) is -0.213. The number of Topliss-reactive ketones (excluding diaryl/α,β-unsaturated/α-hetero) is 1. The molecule has 0 bridgehead atoms. The molecule has 88 valence electrons. The molecule has 1 unspecified atom stereocenters. The summed E-state index contributed by atoms with van der Waals surface area (Å²) in [6.45, 7) is 6.21. The zero-order valence-electron chi connectivity index (χ0n) is 10.3. The lowest BCUT2D eigenvalue weighted by atomic mass is 9.94. The minimum absolute atomic E-state index is 0.213. The molecule has 0 saturated carbocycles. The van der Waals surface area contributed by atoms with Crippen molar-refractivity contribution in [2.45, 2.75) is 26.9 Å². The maximum absolute atomic E-state index is 11.9. The summed E-state index contributed by atoms with van der Waals surface area (Å²) in [6, 6.07) is 3.71. The van der Waals surface area contributed by atoms with Crippen LogP contribution < -0.4 is 5.32 Å². The zero-order valence-corrected chi connectivity index (χ0v) is 10.3. The van der Waals surface area contributed by atoms with Crippen molar-refractivity contribution < 1.29 is 9.90 Å². The second-order valence-corrected chi connectivity index (χ2v) is 4.12. The number of carbonyl (C=O) groups is 1. The smallest absolute Gasteiger partial charge is 0.192 e. The molecular weight excluding hydrogens is 202 g/mol. The van der Waals surface area contributed by atoms with Crippen LogP contribution in [0.1, 0.15) is 27.0 Å². The molecule has 1 aromatic rings. The van der Waals surface area contributed by atoms with Crippen LogP contribution >= 0.6 is 0 Å². The number of aryl methyl sites for hydroxylation is 1. The third kappa shape index (κ3) is 2.49. The highest BCUT2D eigenvalue weighted by atomic mass is 16.3. The molecule has 0 saturated heterocycles. The number of aliphatic hydroxyl groups is 1. The standard InChI is InChI=1S/C13H19NO2/c1-8-5-6-11(10(3)9(8)2)13(16)12(15)7-14-4/h5-6,12,14-15H,7H2,1-4H3. The highest BCUT2D eigenvalue weighted by Gasteiger charge is 2.19. The van der Waals surface area contributed by atoms with Crippen LogP contribution in [0.3, 0.4) is 0 Å². The predicted octanol–water partition coefficient (Wildman–Crippen LogP) is 1.37. The number of benzene rings is 1. The Morgan fingerprint density at radius 3 is 2.50 bits per heavy atom. The van der Waals surface area contributed by atoms with E-state index < -0.39 is 6.10 Å². The Balaban J connectivity index is 3.05. The maximum Gasteiger partial charge on any atom is 0.192 e. The number of hydrogen-bond acceptors (Lipinski definition) is 3. The fourth-order valence-corrected chi connectivity index (χ4v) is 1.69. The Kier molecular flexibility index (Phi) is 4.21. The van der Waals surface area contributed by atoms with Gasteiger partial charge in [0.2, 0.25) is 0 Å². The first-order chi connectivity index (χ1) is 7.49. The van der Waals surface area contributed by atoms with Gasteiger partial charge in [0.05, 0.1) is 0 Å². The van der Waals surface area contributed by atoms with Crippen molar-refractivity contribution >= 4 is 5.78 Å². The van der Waals surface area contributed by atoms with Crippen LogP contribution in [0, 0.1) is 20.8 Å². The number of ketones is 1. The van der Waals surface area contributed by atoms with E-state index in [9.17, 15) is 9.90 Å². The van der Waals surface area contributed by atoms with Gasteiger partial charge in [-0.3, -0.25) is 4.79 Å². The Hall–Kier alpha value is -1.19. The van der Waals surface area contributed by atoms with Gasteiger partial charge in [-0.15, -0.1) is 0 Å². The normalized spacial score (nSPS) is 12.6. The van der Waals surface area contributed by atoms with Gasteiger partial charge in [-0.05, 0) is 44.5 Å². The van der Waals surface area contributed by atoms with Crippen molar-refractivity contribution in [3.63, 3.8) is 0 Å². The Bertz CT molecular complexity index is 399. The third-order valence-corrected chi connectivity index (χ3v) is 3.02. The number of aliphatic hydroxyl groups excluding tert-OH is 1. The number of hydrogen-bond donors (Lipinski definition) is 2. The molecule has 0 fully saturated rings. The molecule has 0 radical (unpaired) electrons. The van der Waals surface area contributed by atoms with Gasteiger partial charge in [0.1, 0.15) is 6.10 Å². The van der Waals surface area contributed by atoms with E-state index in [0.29, 0.717) is 5.56 Å². The number of likely N-dealkylation sites (N-methyl/N-ethyl adjacent to an activating group) is 1. The van der Waals surface area contributed by atoms with Crippen molar-refractivity contribution in [1.29, 1.82) is 0 Å². The summed E-state index contributed by atoms with van der Waals surface area (Å²) in [5, 5.41) is 12.4.